The van der Waals surface area contributed by atoms with Crippen LogP contribution in [0.1, 0.15) is 12.5 Å². The van der Waals surface area contributed by atoms with Crippen LogP contribution in [0.5, 0.6) is 0 Å². The summed E-state index contributed by atoms with van der Waals surface area (Å²) in [4.78, 5) is 17.0. The van der Waals surface area contributed by atoms with E-state index in [0.717, 1.165) is 12.1 Å². The highest BCUT2D eigenvalue weighted by molar-refractivity contribution is 5.96. The molecule has 8 heteroatoms. The van der Waals surface area contributed by atoms with E-state index in [9.17, 15) is 18.0 Å². The SMILES string of the molecule is C=CC(=O)N(C)CCOC(=N/C=C\C)C(=C)Nc1ccc(C(F)(F)F)cc1. The van der Waals surface area contributed by atoms with E-state index in [4.69, 9.17) is 4.74 Å². The predicted octanol–water partition coefficient (Wildman–Crippen LogP) is 4.22. The summed E-state index contributed by atoms with van der Waals surface area (Å²) in [6.07, 6.45) is -0.0261. The highest BCUT2D eigenvalue weighted by Gasteiger charge is 2.29. The van der Waals surface area contributed by atoms with Crippen LogP contribution in [-0.4, -0.2) is 36.9 Å². The number of likely N-dealkylation sites (N-methyl/N-ethyl adjacent to an activating group) is 1. The molecule has 0 aliphatic heterocycles. The summed E-state index contributed by atoms with van der Waals surface area (Å²) < 4.78 is 43.4. The summed E-state index contributed by atoms with van der Waals surface area (Å²) in [5, 5.41) is 2.85. The van der Waals surface area contributed by atoms with E-state index < -0.39 is 11.7 Å². The van der Waals surface area contributed by atoms with Crippen LogP contribution >= 0.6 is 0 Å². The molecule has 1 aromatic rings. The third-order valence-corrected chi connectivity index (χ3v) is 3.32. The van der Waals surface area contributed by atoms with Gasteiger partial charge in [0.2, 0.25) is 11.8 Å². The van der Waals surface area contributed by atoms with Crippen molar-refractivity contribution in [2.24, 2.45) is 4.99 Å². The predicted molar refractivity (Wildman–Crippen MR) is 100 cm³/mol. The lowest BCUT2D eigenvalue weighted by atomic mass is 10.2. The fourth-order valence-electron chi connectivity index (χ4n) is 1.86. The maximum Gasteiger partial charge on any atom is 0.416 e. The average molecular weight is 381 g/mol. The van der Waals surface area contributed by atoms with E-state index in [1.807, 2.05) is 0 Å². The van der Waals surface area contributed by atoms with Crippen molar-refractivity contribution in [1.82, 2.24) is 4.90 Å². The molecule has 1 amide bonds. The Morgan fingerprint density at radius 3 is 2.48 bits per heavy atom. The van der Waals surface area contributed by atoms with Gasteiger partial charge in [0, 0.05) is 18.9 Å². The van der Waals surface area contributed by atoms with Gasteiger partial charge in [-0.3, -0.25) is 4.79 Å². The van der Waals surface area contributed by atoms with Crippen LogP contribution in [0.3, 0.4) is 0 Å². The molecule has 0 unspecified atom stereocenters. The number of nitrogens with zero attached hydrogens (tertiary/aromatic N) is 2. The normalized spacial score (nSPS) is 12.0. The lowest BCUT2D eigenvalue weighted by Crippen LogP contribution is -2.29. The molecule has 0 fully saturated rings. The van der Waals surface area contributed by atoms with Gasteiger partial charge in [-0.15, -0.1) is 0 Å². The monoisotopic (exact) mass is 381 g/mol. The Balaban J connectivity index is 2.75. The van der Waals surface area contributed by atoms with Gasteiger partial charge in [-0.1, -0.05) is 19.2 Å². The molecule has 0 heterocycles. The minimum atomic E-state index is -4.40. The van der Waals surface area contributed by atoms with Gasteiger partial charge in [0.05, 0.1) is 17.8 Å². The van der Waals surface area contributed by atoms with Crippen molar-refractivity contribution in [3.63, 3.8) is 0 Å². The number of aliphatic imine (C=N–C) groups is 1. The lowest BCUT2D eigenvalue weighted by Gasteiger charge is -2.17. The highest BCUT2D eigenvalue weighted by Crippen LogP contribution is 2.30. The zero-order chi connectivity index (χ0) is 20.4. The Morgan fingerprint density at radius 2 is 1.96 bits per heavy atom. The first-order valence-electron chi connectivity index (χ1n) is 8.02. The van der Waals surface area contributed by atoms with Gasteiger partial charge < -0.3 is 15.0 Å². The van der Waals surface area contributed by atoms with E-state index in [1.165, 1.54) is 29.3 Å². The van der Waals surface area contributed by atoms with Gasteiger partial charge in [0.15, 0.2) is 0 Å². The number of hydrogen-bond donors (Lipinski definition) is 1. The van der Waals surface area contributed by atoms with Gasteiger partial charge in [0.25, 0.3) is 0 Å². The fourth-order valence-corrected chi connectivity index (χ4v) is 1.86. The van der Waals surface area contributed by atoms with Crippen LogP contribution < -0.4 is 5.32 Å². The van der Waals surface area contributed by atoms with Crippen LogP contribution in [0, 0.1) is 0 Å². The van der Waals surface area contributed by atoms with Crippen molar-refractivity contribution < 1.29 is 22.7 Å². The molecule has 146 valence electrons. The molecular weight excluding hydrogens is 359 g/mol. The van der Waals surface area contributed by atoms with Crippen LogP contribution in [-0.2, 0) is 15.7 Å². The number of benzene rings is 1. The molecule has 1 aromatic carbocycles. The second-order valence-corrected chi connectivity index (χ2v) is 5.41. The maximum absolute atomic E-state index is 12.6. The molecule has 27 heavy (non-hydrogen) atoms. The van der Waals surface area contributed by atoms with E-state index >= 15 is 0 Å². The van der Waals surface area contributed by atoms with E-state index in [2.05, 4.69) is 23.5 Å². The number of carbonyl (C=O) groups excluding carboxylic acids is 1. The maximum atomic E-state index is 12.6. The molecule has 1 rings (SSSR count). The third-order valence-electron chi connectivity index (χ3n) is 3.32. The van der Waals surface area contributed by atoms with Crippen LogP contribution in [0.4, 0.5) is 18.9 Å². The standard InChI is InChI=1S/C19H22F3N3O2/c1-5-11-23-18(27-13-12-25(4)17(26)6-2)14(3)24-16-9-7-15(8-10-16)19(20,21)22/h5-11,24H,2-3,12-13H2,1,4H3/b11-5-,23-18?. The van der Waals surface area contributed by atoms with Crippen molar-refractivity contribution in [3.05, 3.63) is 67.0 Å². The molecule has 0 bridgehead atoms. The van der Waals surface area contributed by atoms with Crippen molar-refractivity contribution in [3.8, 4) is 0 Å². The Morgan fingerprint density at radius 1 is 1.33 bits per heavy atom. The zero-order valence-electron chi connectivity index (χ0n) is 15.2. The van der Waals surface area contributed by atoms with Crippen molar-refractivity contribution in [2.45, 2.75) is 13.1 Å². The van der Waals surface area contributed by atoms with Crippen molar-refractivity contribution in [2.75, 3.05) is 25.5 Å². The highest BCUT2D eigenvalue weighted by atomic mass is 19.4. The molecule has 0 radical (unpaired) electrons. The number of hydrogen-bond acceptors (Lipinski definition) is 4. The van der Waals surface area contributed by atoms with E-state index in [-0.39, 0.29) is 24.1 Å². The number of anilines is 1. The summed E-state index contributed by atoms with van der Waals surface area (Å²) in [7, 11) is 1.60. The minimum Gasteiger partial charge on any atom is -0.474 e. The summed E-state index contributed by atoms with van der Waals surface area (Å²) >= 11 is 0. The number of alkyl halides is 3. The summed E-state index contributed by atoms with van der Waals surface area (Å²) in [6.45, 7) is 9.43. The average Bonchev–Trinajstić information content (AvgIpc) is 2.63. The lowest BCUT2D eigenvalue weighted by molar-refractivity contribution is -0.137. The molecule has 0 aliphatic rings. The number of nitrogens with one attached hydrogen (secondary N) is 1. The topological polar surface area (TPSA) is 53.9 Å². The van der Waals surface area contributed by atoms with Crippen molar-refractivity contribution in [1.29, 1.82) is 0 Å². The quantitative estimate of drug-likeness (QED) is 0.417. The number of ether oxygens (including phenoxy) is 1. The van der Waals surface area contributed by atoms with Crippen LogP contribution in [0.2, 0.25) is 0 Å². The zero-order valence-corrected chi connectivity index (χ0v) is 15.2. The summed E-state index contributed by atoms with van der Waals surface area (Å²) in [5.41, 5.74) is -0.0677. The number of halogens is 3. The molecule has 0 saturated carbocycles. The first-order chi connectivity index (χ1) is 12.7. The number of rotatable bonds is 8. The third kappa shape index (κ3) is 7.39. The fraction of sp³-hybridized carbons (Fsp3) is 0.263. The van der Waals surface area contributed by atoms with Crippen molar-refractivity contribution >= 4 is 17.5 Å². The second kappa shape index (κ2) is 10.2. The molecule has 0 aliphatic carbocycles. The molecule has 0 atom stereocenters. The molecule has 0 saturated heterocycles. The van der Waals surface area contributed by atoms with Crippen LogP contribution in [0.25, 0.3) is 0 Å². The first-order valence-corrected chi connectivity index (χ1v) is 8.02. The largest absolute Gasteiger partial charge is 0.474 e. The molecular formula is C19H22F3N3O2. The molecule has 5 nitrogen and oxygen atoms in total. The van der Waals surface area contributed by atoms with Gasteiger partial charge >= 0.3 is 6.18 Å². The first kappa shape index (κ1) is 22.0. The Bertz CT molecular complexity index is 723. The summed E-state index contributed by atoms with van der Waals surface area (Å²) in [6, 6.07) is 4.51. The Kier molecular flexibility index (Phi) is 8.32. The van der Waals surface area contributed by atoms with Crippen LogP contribution in [0.15, 0.2) is 66.5 Å². The van der Waals surface area contributed by atoms with E-state index in [0.29, 0.717) is 12.2 Å². The minimum absolute atomic E-state index is 0.153. The number of amides is 1. The molecule has 0 aromatic heterocycles. The smallest absolute Gasteiger partial charge is 0.416 e. The molecule has 1 N–H and O–H groups in total. The van der Waals surface area contributed by atoms with Gasteiger partial charge in [-0.05, 0) is 37.3 Å². The number of carbonyl (C=O) groups is 1. The molecule has 0 spiro atoms. The Hall–Kier alpha value is -3.03. The van der Waals surface area contributed by atoms with E-state index in [1.54, 1.807) is 20.0 Å². The van der Waals surface area contributed by atoms with Gasteiger partial charge in [-0.25, -0.2) is 4.99 Å². The summed E-state index contributed by atoms with van der Waals surface area (Å²) in [5.74, 6) is -0.0836. The Labute approximate surface area is 156 Å². The second-order valence-electron chi connectivity index (χ2n) is 5.41. The van der Waals surface area contributed by atoms with Gasteiger partial charge in [-0.2, -0.15) is 13.2 Å². The van der Waals surface area contributed by atoms with Gasteiger partial charge in [0.1, 0.15) is 6.61 Å². The number of allylic oxidation sites excluding steroid dienone is 1.